The van der Waals surface area contributed by atoms with Crippen molar-refractivity contribution in [2.45, 2.75) is 45.2 Å². The molecule has 0 spiro atoms. The fraction of sp³-hybridized carbons (Fsp3) is 1.00. The average Bonchev–Trinajstić information content (AvgIpc) is 2.04. The molecular weight excluding hydrogens is 136 g/mol. The van der Waals surface area contributed by atoms with E-state index >= 15 is 0 Å². The molecule has 0 amide bonds. The maximum atomic E-state index is 3.67. The first kappa shape index (κ1) is 9.01. The molecule has 0 aliphatic carbocycles. The predicted octanol–water partition coefficient (Wildman–Crippen LogP) is 1.13. The van der Waals surface area contributed by atoms with Gasteiger partial charge >= 0.3 is 0 Å². The summed E-state index contributed by atoms with van der Waals surface area (Å²) in [4.78, 5) is 0. The summed E-state index contributed by atoms with van der Waals surface area (Å²) in [5, 5.41) is 7.13. The van der Waals surface area contributed by atoms with Crippen LogP contribution in [0.5, 0.6) is 0 Å². The summed E-state index contributed by atoms with van der Waals surface area (Å²) in [5.74, 6) is 0. The Kier molecular flexibility index (Phi) is 2.90. The maximum Gasteiger partial charge on any atom is 0.0303 e. The topological polar surface area (TPSA) is 24.1 Å². The molecule has 0 saturated carbocycles. The molecule has 1 atom stereocenters. The molecule has 0 radical (unpaired) electrons. The smallest absolute Gasteiger partial charge is 0.0303 e. The quantitative estimate of drug-likeness (QED) is 0.626. The Hall–Kier alpha value is -0.0800. The van der Waals surface area contributed by atoms with Crippen LogP contribution in [0.1, 0.15) is 33.6 Å². The zero-order valence-electron chi connectivity index (χ0n) is 7.91. The second-order valence-electron chi connectivity index (χ2n) is 3.66. The third-order valence-electron chi connectivity index (χ3n) is 2.82. The number of hydrogen-bond donors (Lipinski definition) is 2. The number of rotatable bonds is 2. The Morgan fingerprint density at radius 2 is 2.00 bits per heavy atom. The van der Waals surface area contributed by atoms with E-state index in [0.717, 1.165) is 13.1 Å². The largest absolute Gasteiger partial charge is 0.313 e. The molecule has 1 aliphatic rings. The first-order chi connectivity index (χ1) is 5.22. The molecule has 2 N–H and O–H groups in total. The summed E-state index contributed by atoms with van der Waals surface area (Å²) in [6.07, 6.45) is 2.45. The Labute approximate surface area is 69.8 Å². The fourth-order valence-corrected chi connectivity index (χ4v) is 1.86. The number of hydrogen-bond acceptors (Lipinski definition) is 2. The van der Waals surface area contributed by atoms with Crippen LogP contribution >= 0.6 is 0 Å². The Morgan fingerprint density at radius 3 is 2.36 bits per heavy atom. The van der Waals surface area contributed by atoms with Crippen molar-refractivity contribution in [2.75, 3.05) is 13.1 Å². The Bertz CT molecular complexity index is 119. The monoisotopic (exact) mass is 156 g/mol. The summed E-state index contributed by atoms with van der Waals surface area (Å²) in [7, 11) is 0. The molecule has 0 aromatic heterocycles. The molecular formula is C9H20N2. The van der Waals surface area contributed by atoms with E-state index in [-0.39, 0.29) is 0 Å². The van der Waals surface area contributed by atoms with E-state index in [9.17, 15) is 0 Å². The van der Waals surface area contributed by atoms with Gasteiger partial charge in [-0.15, -0.1) is 0 Å². The van der Waals surface area contributed by atoms with Crippen molar-refractivity contribution in [1.82, 2.24) is 10.6 Å². The predicted molar refractivity (Wildman–Crippen MR) is 48.8 cm³/mol. The first-order valence-electron chi connectivity index (χ1n) is 4.71. The highest BCUT2D eigenvalue weighted by Gasteiger charge is 2.30. The Morgan fingerprint density at radius 1 is 1.36 bits per heavy atom. The summed E-state index contributed by atoms with van der Waals surface area (Å²) < 4.78 is 0. The highest BCUT2D eigenvalue weighted by Crippen LogP contribution is 2.17. The molecule has 1 heterocycles. The number of nitrogens with one attached hydrogen (secondary N) is 2. The lowest BCUT2D eigenvalue weighted by molar-refractivity contribution is 0.217. The molecule has 1 aliphatic heterocycles. The van der Waals surface area contributed by atoms with Gasteiger partial charge in [0.25, 0.3) is 0 Å². The van der Waals surface area contributed by atoms with Crippen LogP contribution < -0.4 is 10.6 Å². The first-order valence-corrected chi connectivity index (χ1v) is 4.71. The standard InChI is InChI=1S/C9H20N2/c1-4-9(5-2)7-10-6-8(3)11-9/h8,10-11H,4-7H2,1-3H3/t8-/m1/s1. The highest BCUT2D eigenvalue weighted by molar-refractivity contribution is 4.94. The zero-order chi connectivity index (χ0) is 8.32. The molecule has 0 bridgehead atoms. The lowest BCUT2D eigenvalue weighted by atomic mass is 9.90. The van der Waals surface area contributed by atoms with Gasteiger partial charge in [0.1, 0.15) is 0 Å². The average molecular weight is 156 g/mol. The van der Waals surface area contributed by atoms with Gasteiger partial charge in [-0.05, 0) is 19.8 Å². The van der Waals surface area contributed by atoms with Crippen LogP contribution in [0.25, 0.3) is 0 Å². The van der Waals surface area contributed by atoms with Gasteiger partial charge in [0.2, 0.25) is 0 Å². The third-order valence-corrected chi connectivity index (χ3v) is 2.82. The maximum absolute atomic E-state index is 3.67. The van der Waals surface area contributed by atoms with Gasteiger partial charge in [0, 0.05) is 24.7 Å². The van der Waals surface area contributed by atoms with Crippen LogP contribution in [-0.2, 0) is 0 Å². The van der Waals surface area contributed by atoms with Crippen molar-refractivity contribution in [3.05, 3.63) is 0 Å². The summed E-state index contributed by atoms with van der Waals surface area (Å²) >= 11 is 0. The summed E-state index contributed by atoms with van der Waals surface area (Å²) in [5.41, 5.74) is 0.373. The molecule has 0 aromatic carbocycles. The van der Waals surface area contributed by atoms with Crippen molar-refractivity contribution in [3.8, 4) is 0 Å². The summed E-state index contributed by atoms with van der Waals surface area (Å²) in [6.45, 7) is 9.00. The van der Waals surface area contributed by atoms with Crippen LogP contribution in [0.2, 0.25) is 0 Å². The molecule has 1 fully saturated rings. The zero-order valence-corrected chi connectivity index (χ0v) is 7.91. The van der Waals surface area contributed by atoms with Gasteiger partial charge in [-0.2, -0.15) is 0 Å². The van der Waals surface area contributed by atoms with Crippen LogP contribution in [0.15, 0.2) is 0 Å². The lowest BCUT2D eigenvalue weighted by Crippen LogP contribution is -2.62. The van der Waals surface area contributed by atoms with Gasteiger partial charge in [-0.25, -0.2) is 0 Å². The Balaban J connectivity index is 2.52. The minimum absolute atomic E-state index is 0.373. The molecule has 1 rings (SSSR count). The van der Waals surface area contributed by atoms with Crippen molar-refractivity contribution in [3.63, 3.8) is 0 Å². The normalized spacial score (nSPS) is 30.3. The van der Waals surface area contributed by atoms with Gasteiger partial charge in [-0.1, -0.05) is 13.8 Å². The van der Waals surface area contributed by atoms with E-state index in [4.69, 9.17) is 0 Å². The van der Waals surface area contributed by atoms with Crippen LogP contribution in [-0.4, -0.2) is 24.7 Å². The van der Waals surface area contributed by atoms with Gasteiger partial charge in [0.15, 0.2) is 0 Å². The van der Waals surface area contributed by atoms with Gasteiger partial charge in [0.05, 0.1) is 0 Å². The van der Waals surface area contributed by atoms with E-state index in [2.05, 4.69) is 31.4 Å². The minimum Gasteiger partial charge on any atom is -0.313 e. The fourth-order valence-electron chi connectivity index (χ4n) is 1.86. The number of piperazine rings is 1. The highest BCUT2D eigenvalue weighted by atomic mass is 15.1. The van der Waals surface area contributed by atoms with Crippen molar-refractivity contribution in [1.29, 1.82) is 0 Å². The van der Waals surface area contributed by atoms with Crippen molar-refractivity contribution < 1.29 is 0 Å². The third kappa shape index (κ3) is 1.94. The molecule has 1 saturated heterocycles. The molecule has 0 unspecified atom stereocenters. The summed E-state index contributed by atoms with van der Waals surface area (Å²) in [6, 6.07) is 0.628. The van der Waals surface area contributed by atoms with Gasteiger partial charge < -0.3 is 10.6 Å². The van der Waals surface area contributed by atoms with Gasteiger partial charge in [-0.3, -0.25) is 0 Å². The molecule has 2 heteroatoms. The van der Waals surface area contributed by atoms with Crippen LogP contribution in [0, 0.1) is 0 Å². The van der Waals surface area contributed by atoms with Crippen molar-refractivity contribution >= 4 is 0 Å². The van der Waals surface area contributed by atoms with Crippen molar-refractivity contribution in [2.24, 2.45) is 0 Å². The molecule has 66 valence electrons. The van der Waals surface area contributed by atoms with E-state index in [1.54, 1.807) is 0 Å². The second-order valence-corrected chi connectivity index (χ2v) is 3.66. The SMILES string of the molecule is CCC1(CC)CNC[C@@H](C)N1. The van der Waals surface area contributed by atoms with E-state index in [1.165, 1.54) is 12.8 Å². The second kappa shape index (κ2) is 3.55. The minimum atomic E-state index is 0.373. The van der Waals surface area contributed by atoms with E-state index in [1.807, 2.05) is 0 Å². The van der Waals surface area contributed by atoms with Crippen LogP contribution in [0.4, 0.5) is 0 Å². The molecule has 2 nitrogen and oxygen atoms in total. The van der Waals surface area contributed by atoms with E-state index in [0.29, 0.717) is 11.6 Å². The lowest BCUT2D eigenvalue weighted by Gasteiger charge is -2.41. The molecule has 0 aromatic rings. The molecule has 11 heavy (non-hydrogen) atoms. The van der Waals surface area contributed by atoms with E-state index < -0.39 is 0 Å². The van der Waals surface area contributed by atoms with Crippen LogP contribution in [0.3, 0.4) is 0 Å².